The van der Waals surface area contributed by atoms with Gasteiger partial charge in [0.1, 0.15) is 6.54 Å². The number of sulfonamides is 1. The maximum Gasteiger partial charge on any atom is 0.211 e. The second kappa shape index (κ2) is 11.2. The summed E-state index contributed by atoms with van der Waals surface area (Å²) in [7, 11) is -3.07. The number of piperidine rings is 1. The zero-order valence-electron chi connectivity index (χ0n) is 16.6. The molecule has 156 valence electrons. The molecule has 0 saturated carbocycles. The van der Waals surface area contributed by atoms with Crippen LogP contribution in [0.2, 0.25) is 0 Å². The highest BCUT2D eigenvalue weighted by Crippen LogP contribution is 2.18. The van der Waals surface area contributed by atoms with Crippen molar-refractivity contribution in [2.75, 3.05) is 32.4 Å². The molecule has 1 fully saturated rings. The summed E-state index contributed by atoms with van der Waals surface area (Å²) >= 11 is 0. The molecule has 27 heavy (non-hydrogen) atoms. The first-order chi connectivity index (χ1) is 12.3. The van der Waals surface area contributed by atoms with Gasteiger partial charge in [0.15, 0.2) is 11.7 Å². The van der Waals surface area contributed by atoms with Crippen LogP contribution in [0.5, 0.6) is 0 Å². The van der Waals surface area contributed by atoms with E-state index >= 15 is 0 Å². The summed E-state index contributed by atoms with van der Waals surface area (Å²) in [5.74, 6) is 2.25. The fourth-order valence-electron chi connectivity index (χ4n) is 2.86. The molecule has 1 saturated heterocycles. The number of nitrogens with zero attached hydrogens (tertiary/aromatic N) is 3. The fourth-order valence-corrected chi connectivity index (χ4v) is 3.73. The lowest BCUT2D eigenvalue weighted by atomic mass is 9.98. The summed E-state index contributed by atoms with van der Waals surface area (Å²) in [6.07, 6.45) is 2.99. The normalized spacial score (nSPS) is 17.0. The topological polar surface area (TPSA) is 99.8 Å². The molecule has 1 aliphatic rings. The first-order valence-electron chi connectivity index (χ1n) is 9.22. The maximum atomic E-state index is 11.6. The highest BCUT2D eigenvalue weighted by atomic mass is 127. The van der Waals surface area contributed by atoms with Gasteiger partial charge in [-0.05, 0) is 31.6 Å². The lowest BCUT2D eigenvalue weighted by Gasteiger charge is -2.30. The fraction of sp³-hybridized carbons (Fsp3) is 0.765. The summed E-state index contributed by atoms with van der Waals surface area (Å²) in [4.78, 5) is 4.55. The molecule has 0 bridgehead atoms. The predicted molar refractivity (Wildman–Crippen MR) is 118 cm³/mol. The van der Waals surface area contributed by atoms with Gasteiger partial charge in [0.25, 0.3) is 0 Å². The van der Waals surface area contributed by atoms with Gasteiger partial charge in [-0.3, -0.25) is 0 Å². The molecule has 1 aliphatic heterocycles. The smallest absolute Gasteiger partial charge is 0.211 e. The molecule has 0 aromatic carbocycles. The van der Waals surface area contributed by atoms with E-state index in [4.69, 9.17) is 4.52 Å². The van der Waals surface area contributed by atoms with Gasteiger partial charge in [-0.1, -0.05) is 19.0 Å². The average molecular weight is 513 g/mol. The zero-order chi connectivity index (χ0) is 19.2. The van der Waals surface area contributed by atoms with Gasteiger partial charge in [-0.2, -0.15) is 0 Å². The Morgan fingerprint density at radius 1 is 1.37 bits per heavy atom. The number of aromatic nitrogens is 1. The molecular weight excluding hydrogens is 481 g/mol. The Morgan fingerprint density at radius 2 is 2.04 bits per heavy atom. The van der Waals surface area contributed by atoms with E-state index in [0.717, 1.165) is 43.3 Å². The van der Waals surface area contributed by atoms with E-state index < -0.39 is 10.0 Å². The van der Waals surface area contributed by atoms with Gasteiger partial charge in [-0.25, -0.2) is 17.7 Å². The molecule has 0 amide bonds. The Balaban J connectivity index is 0.00000364. The van der Waals surface area contributed by atoms with Crippen LogP contribution in [0.4, 0.5) is 0 Å². The summed E-state index contributed by atoms with van der Waals surface area (Å²) in [6, 6.07) is 1.94. The number of halogens is 1. The Labute approximate surface area is 179 Å². The molecule has 10 heteroatoms. The summed E-state index contributed by atoms with van der Waals surface area (Å²) in [6.45, 7) is 9.33. The Hall–Kier alpha value is -0.880. The number of guanidine groups is 1. The van der Waals surface area contributed by atoms with Crippen LogP contribution in [-0.2, 0) is 16.6 Å². The third kappa shape index (κ3) is 7.94. The van der Waals surface area contributed by atoms with Crippen LogP contribution in [0.15, 0.2) is 15.6 Å². The maximum absolute atomic E-state index is 11.6. The molecule has 0 aliphatic carbocycles. The number of hydrogen-bond donors (Lipinski definition) is 2. The van der Waals surface area contributed by atoms with Gasteiger partial charge in [-0.15, -0.1) is 24.0 Å². The van der Waals surface area contributed by atoms with E-state index in [1.54, 1.807) is 4.31 Å². The molecule has 8 nitrogen and oxygen atoms in total. The highest BCUT2D eigenvalue weighted by molar-refractivity contribution is 14.0. The largest absolute Gasteiger partial charge is 0.359 e. The third-order valence-corrected chi connectivity index (χ3v) is 5.81. The highest BCUT2D eigenvalue weighted by Gasteiger charge is 2.24. The lowest BCUT2D eigenvalue weighted by molar-refractivity contribution is 0.275. The predicted octanol–water partition coefficient (Wildman–Crippen LogP) is 2.14. The number of nitrogens with one attached hydrogen (secondary N) is 2. The quantitative estimate of drug-likeness (QED) is 0.329. The monoisotopic (exact) mass is 513 g/mol. The molecule has 1 aromatic rings. The SMILES string of the molecule is CCNC(=NCc1cc(C(C)C)no1)NCC1CCN(S(C)(=O)=O)CC1.I. The molecule has 2 N–H and O–H groups in total. The van der Waals surface area contributed by atoms with Gasteiger partial charge >= 0.3 is 0 Å². The molecule has 0 atom stereocenters. The summed E-state index contributed by atoms with van der Waals surface area (Å²) in [5, 5.41) is 10.6. The number of hydrogen-bond acceptors (Lipinski definition) is 5. The van der Waals surface area contributed by atoms with Crippen molar-refractivity contribution < 1.29 is 12.9 Å². The lowest BCUT2D eigenvalue weighted by Crippen LogP contribution is -2.44. The van der Waals surface area contributed by atoms with Crippen LogP contribution in [-0.4, -0.2) is 56.3 Å². The van der Waals surface area contributed by atoms with E-state index in [1.165, 1.54) is 6.26 Å². The van der Waals surface area contributed by atoms with Crippen molar-refractivity contribution in [2.45, 2.75) is 46.1 Å². The Bertz CT molecular complexity index is 697. The van der Waals surface area contributed by atoms with E-state index in [0.29, 0.717) is 31.5 Å². The summed E-state index contributed by atoms with van der Waals surface area (Å²) in [5.41, 5.74) is 0.936. The van der Waals surface area contributed by atoms with Crippen molar-refractivity contribution in [1.29, 1.82) is 0 Å². The van der Waals surface area contributed by atoms with Crippen molar-refractivity contribution in [2.24, 2.45) is 10.9 Å². The van der Waals surface area contributed by atoms with Gasteiger partial charge in [0.2, 0.25) is 10.0 Å². The number of aliphatic imine (C=N–C) groups is 1. The summed E-state index contributed by atoms with van der Waals surface area (Å²) < 4.78 is 30.0. The first kappa shape index (κ1) is 24.2. The van der Waals surface area contributed by atoms with Crippen molar-refractivity contribution in [3.63, 3.8) is 0 Å². The van der Waals surface area contributed by atoms with E-state index in [2.05, 4.69) is 34.6 Å². The van der Waals surface area contributed by atoms with Gasteiger partial charge < -0.3 is 15.2 Å². The van der Waals surface area contributed by atoms with Gasteiger partial charge in [0.05, 0.1) is 11.9 Å². The van der Waals surface area contributed by atoms with Gasteiger partial charge in [0, 0.05) is 32.2 Å². The molecule has 1 aromatic heterocycles. The van der Waals surface area contributed by atoms with Crippen LogP contribution in [0.3, 0.4) is 0 Å². The molecule has 0 radical (unpaired) electrons. The Kier molecular flexibility index (Phi) is 10.0. The second-order valence-electron chi connectivity index (χ2n) is 7.05. The molecular formula is C17H32IN5O3S. The van der Waals surface area contributed by atoms with Crippen LogP contribution >= 0.6 is 24.0 Å². The minimum Gasteiger partial charge on any atom is -0.359 e. The van der Waals surface area contributed by atoms with E-state index in [-0.39, 0.29) is 24.0 Å². The van der Waals surface area contributed by atoms with Crippen molar-refractivity contribution in [1.82, 2.24) is 20.1 Å². The molecule has 2 rings (SSSR count). The average Bonchev–Trinajstić information content (AvgIpc) is 3.06. The standard InChI is InChI=1S/C17H31N5O3S.HI/c1-5-18-17(20-12-15-10-16(13(2)3)21-25-15)19-11-14-6-8-22(9-7-14)26(4,23)24;/h10,13-14H,5-9,11-12H2,1-4H3,(H2,18,19,20);1H. The minimum absolute atomic E-state index is 0. The minimum atomic E-state index is -3.07. The van der Waals surface area contributed by atoms with Crippen LogP contribution in [0, 0.1) is 5.92 Å². The zero-order valence-corrected chi connectivity index (χ0v) is 19.7. The van der Waals surface area contributed by atoms with Crippen LogP contribution in [0.25, 0.3) is 0 Å². The van der Waals surface area contributed by atoms with E-state index in [1.807, 2.05) is 13.0 Å². The third-order valence-electron chi connectivity index (χ3n) is 4.51. The first-order valence-corrected chi connectivity index (χ1v) is 11.1. The van der Waals surface area contributed by atoms with Crippen molar-refractivity contribution >= 4 is 40.0 Å². The molecule has 2 heterocycles. The molecule has 0 unspecified atom stereocenters. The van der Waals surface area contributed by atoms with E-state index in [9.17, 15) is 8.42 Å². The van der Waals surface area contributed by atoms with Crippen molar-refractivity contribution in [3.8, 4) is 0 Å². The Morgan fingerprint density at radius 3 is 2.56 bits per heavy atom. The molecule has 0 spiro atoms. The van der Waals surface area contributed by atoms with Crippen LogP contribution in [0.1, 0.15) is 51.0 Å². The number of rotatable bonds is 7. The van der Waals surface area contributed by atoms with Crippen LogP contribution < -0.4 is 10.6 Å². The second-order valence-corrected chi connectivity index (χ2v) is 9.04. The van der Waals surface area contributed by atoms with Crippen molar-refractivity contribution in [3.05, 3.63) is 17.5 Å².